The van der Waals surface area contributed by atoms with Crippen molar-refractivity contribution in [2.45, 2.75) is 12.3 Å². The van der Waals surface area contributed by atoms with Crippen molar-refractivity contribution >= 4 is 15.9 Å². The average molecular weight is 310 g/mol. The van der Waals surface area contributed by atoms with Crippen molar-refractivity contribution in [2.75, 3.05) is 6.61 Å². The molecule has 0 amide bonds. The number of rotatable bonds is 4. The quantitative estimate of drug-likeness (QED) is 0.940. The van der Waals surface area contributed by atoms with Gasteiger partial charge in [0.25, 0.3) is 0 Å². The van der Waals surface area contributed by atoms with E-state index in [1.165, 1.54) is 12.1 Å². The van der Waals surface area contributed by atoms with Gasteiger partial charge in [-0.1, -0.05) is 12.1 Å². The fourth-order valence-electron chi connectivity index (χ4n) is 1.83. The van der Waals surface area contributed by atoms with E-state index in [0.29, 0.717) is 6.42 Å². The lowest BCUT2D eigenvalue weighted by Gasteiger charge is -2.14. The van der Waals surface area contributed by atoms with Gasteiger partial charge in [0.05, 0.1) is 6.61 Å². The highest BCUT2D eigenvalue weighted by Crippen LogP contribution is 2.21. The molecule has 1 aromatic heterocycles. The van der Waals surface area contributed by atoms with Gasteiger partial charge in [0.15, 0.2) is 0 Å². The summed E-state index contributed by atoms with van der Waals surface area (Å²) in [4.78, 5) is 4.26. The van der Waals surface area contributed by atoms with Crippen molar-refractivity contribution < 1.29 is 9.50 Å². The molecule has 2 aromatic rings. The van der Waals surface area contributed by atoms with Crippen LogP contribution in [-0.4, -0.2) is 16.7 Å². The minimum absolute atomic E-state index is 0.0266. The molecule has 1 aromatic carbocycles. The molecule has 94 valence electrons. The molecule has 1 unspecified atom stereocenters. The maximum Gasteiger partial charge on any atom is 0.123 e. The van der Waals surface area contributed by atoms with E-state index in [-0.39, 0.29) is 18.3 Å². The first kappa shape index (κ1) is 13.2. The third-order valence-corrected chi connectivity index (χ3v) is 3.25. The lowest BCUT2D eigenvalue weighted by Crippen LogP contribution is -2.09. The number of hydrogen-bond donors (Lipinski definition) is 1. The molecule has 0 saturated carbocycles. The molecule has 0 aliphatic rings. The van der Waals surface area contributed by atoms with E-state index in [1.807, 2.05) is 18.2 Å². The molecule has 0 fully saturated rings. The minimum Gasteiger partial charge on any atom is -0.396 e. The monoisotopic (exact) mass is 309 g/mol. The van der Waals surface area contributed by atoms with Crippen molar-refractivity contribution in [2.24, 2.45) is 0 Å². The number of aromatic nitrogens is 1. The fourth-order valence-corrected chi connectivity index (χ4v) is 2.06. The maximum atomic E-state index is 13.2. The summed E-state index contributed by atoms with van der Waals surface area (Å²) in [6.07, 6.45) is 2.31. The number of halogens is 2. The molecule has 2 rings (SSSR count). The Hall–Kier alpha value is -1.26. The van der Waals surface area contributed by atoms with Crippen molar-refractivity contribution in [1.29, 1.82) is 0 Å². The second-order valence-electron chi connectivity index (χ2n) is 4.11. The van der Waals surface area contributed by atoms with Crippen molar-refractivity contribution in [3.63, 3.8) is 0 Å². The zero-order valence-electron chi connectivity index (χ0n) is 9.68. The highest BCUT2D eigenvalue weighted by atomic mass is 79.9. The first-order valence-corrected chi connectivity index (χ1v) is 6.45. The summed E-state index contributed by atoms with van der Waals surface area (Å²) in [5, 5.41) is 9.43. The van der Waals surface area contributed by atoms with Crippen molar-refractivity contribution in [1.82, 2.24) is 4.98 Å². The summed E-state index contributed by atoms with van der Waals surface area (Å²) >= 11 is 3.32. The normalized spacial score (nSPS) is 12.4. The SMILES string of the molecule is OCC(Cc1ccc(Br)cn1)c1cccc(F)c1. The Balaban J connectivity index is 2.17. The molecule has 2 nitrogen and oxygen atoms in total. The molecular formula is C14H13BrFNO. The Kier molecular flexibility index (Phi) is 4.44. The summed E-state index contributed by atoms with van der Waals surface area (Å²) in [6.45, 7) is -0.0266. The number of pyridine rings is 1. The smallest absolute Gasteiger partial charge is 0.123 e. The van der Waals surface area contributed by atoms with Crippen LogP contribution in [0.15, 0.2) is 47.1 Å². The first-order chi connectivity index (χ1) is 8.69. The van der Waals surface area contributed by atoms with Crippen molar-refractivity contribution in [3.8, 4) is 0 Å². The Morgan fingerprint density at radius 1 is 1.28 bits per heavy atom. The van der Waals surface area contributed by atoms with Crippen LogP contribution in [0, 0.1) is 5.82 Å². The van der Waals surface area contributed by atoms with Crippen LogP contribution in [0.4, 0.5) is 4.39 Å². The standard InChI is InChI=1S/C14H13BrFNO/c15-12-4-5-14(17-8-12)7-11(9-18)10-2-1-3-13(16)6-10/h1-6,8,11,18H,7,9H2. The molecule has 1 N–H and O–H groups in total. The largest absolute Gasteiger partial charge is 0.396 e. The molecule has 18 heavy (non-hydrogen) atoms. The second-order valence-corrected chi connectivity index (χ2v) is 5.02. The molecule has 0 spiro atoms. The number of hydrogen-bond acceptors (Lipinski definition) is 2. The highest BCUT2D eigenvalue weighted by Gasteiger charge is 2.12. The third kappa shape index (κ3) is 3.37. The lowest BCUT2D eigenvalue weighted by molar-refractivity contribution is 0.263. The molecule has 1 atom stereocenters. The van der Waals surface area contributed by atoms with Crippen LogP contribution in [-0.2, 0) is 6.42 Å². The van der Waals surface area contributed by atoms with Gasteiger partial charge in [0.2, 0.25) is 0 Å². The predicted octanol–water partition coefficient (Wildman–Crippen LogP) is 3.30. The van der Waals surface area contributed by atoms with E-state index in [1.54, 1.807) is 12.3 Å². The van der Waals surface area contributed by atoms with Gasteiger partial charge in [-0.25, -0.2) is 4.39 Å². The van der Waals surface area contributed by atoms with Crippen LogP contribution in [0.5, 0.6) is 0 Å². The number of aliphatic hydroxyl groups excluding tert-OH is 1. The van der Waals surface area contributed by atoms with E-state index in [4.69, 9.17) is 0 Å². The first-order valence-electron chi connectivity index (χ1n) is 5.66. The zero-order chi connectivity index (χ0) is 13.0. The minimum atomic E-state index is -0.283. The molecule has 0 aliphatic carbocycles. The van der Waals surface area contributed by atoms with Gasteiger partial charge in [-0.2, -0.15) is 0 Å². The highest BCUT2D eigenvalue weighted by molar-refractivity contribution is 9.10. The summed E-state index contributed by atoms with van der Waals surface area (Å²) in [6, 6.07) is 10.1. The lowest BCUT2D eigenvalue weighted by atomic mass is 9.95. The summed E-state index contributed by atoms with van der Waals surface area (Å²) in [5.41, 5.74) is 1.67. The topological polar surface area (TPSA) is 33.1 Å². The maximum absolute atomic E-state index is 13.2. The molecule has 4 heteroatoms. The molecule has 0 saturated heterocycles. The van der Waals surface area contributed by atoms with Gasteiger partial charge in [-0.15, -0.1) is 0 Å². The van der Waals surface area contributed by atoms with Crippen LogP contribution < -0.4 is 0 Å². The molecule has 0 radical (unpaired) electrons. The van der Waals surface area contributed by atoms with E-state index < -0.39 is 0 Å². The van der Waals surface area contributed by atoms with Crippen LogP contribution in [0.1, 0.15) is 17.2 Å². The molecule has 0 aliphatic heterocycles. The van der Waals surface area contributed by atoms with E-state index in [9.17, 15) is 9.50 Å². The molecular weight excluding hydrogens is 297 g/mol. The molecule has 1 heterocycles. The van der Waals surface area contributed by atoms with E-state index in [2.05, 4.69) is 20.9 Å². The van der Waals surface area contributed by atoms with Crippen LogP contribution in [0.3, 0.4) is 0 Å². The van der Waals surface area contributed by atoms with Crippen molar-refractivity contribution in [3.05, 3.63) is 64.1 Å². The van der Waals surface area contributed by atoms with E-state index >= 15 is 0 Å². The fraction of sp³-hybridized carbons (Fsp3) is 0.214. The van der Waals surface area contributed by atoms with Gasteiger partial charge in [-0.3, -0.25) is 4.98 Å². The Labute approximate surface area is 114 Å². The van der Waals surface area contributed by atoms with E-state index in [0.717, 1.165) is 15.7 Å². The Bertz CT molecular complexity index is 515. The van der Waals surface area contributed by atoms with Gasteiger partial charge < -0.3 is 5.11 Å². The number of aliphatic hydroxyl groups is 1. The summed E-state index contributed by atoms with van der Waals surface area (Å²) < 4.78 is 14.1. The third-order valence-electron chi connectivity index (χ3n) is 2.78. The van der Waals surface area contributed by atoms with Crippen LogP contribution in [0.25, 0.3) is 0 Å². The number of benzene rings is 1. The second kappa shape index (κ2) is 6.07. The summed E-state index contributed by atoms with van der Waals surface area (Å²) in [7, 11) is 0. The average Bonchev–Trinajstić information content (AvgIpc) is 2.38. The van der Waals surface area contributed by atoms with Gasteiger partial charge in [0, 0.05) is 22.3 Å². The number of nitrogens with zero attached hydrogens (tertiary/aromatic N) is 1. The predicted molar refractivity (Wildman–Crippen MR) is 71.9 cm³/mol. The van der Waals surface area contributed by atoms with Crippen LogP contribution >= 0.6 is 15.9 Å². The van der Waals surface area contributed by atoms with Gasteiger partial charge in [0.1, 0.15) is 5.82 Å². The summed E-state index contributed by atoms with van der Waals surface area (Å²) in [5.74, 6) is -0.413. The Morgan fingerprint density at radius 2 is 2.11 bits per heavy atom. The Morgan fingerprint density at radius 3 is 2.72 bits per heavy atom. The van der Waals surface area contributed by atoms with Crippen LogP contribution in [0.2, 0.25) is 0 Å². The van der Waals surface area contributed by atoms with Gasteiger partial charge >= 0.3 is 0 Å². The zero-order valence-corrected chi connectivity index (χ0v) is 11.3. The molecule has 0 bridgehead atoms. The van der Waals surface area contributed by atoms with Gasteiger partial charge in [-0.05, 0) is 52.2 Å².